The highest BCUT2D eigenvalue weighted by molar-refractivity contribution is 7.99. The predicted molar refractivity (Wildman–Crippen MR) is 93.3 cm³/mol. The molecule has 12 heteroatoms. The third kappa shape index (κ3) is 3.59. The number of aliphatic hydroxyl groups is 2. The van der Waals surface area contributed by atoms with Gasteiger partial charge < -0.3 is 31.5 Å². The molecular formula is C14H20N6O5S. The van der Waals surface area contributed by atoms with E-state index in [1.807, 2.05) is 0 Å². The minimum atomic E-state index is -1.17. The second-order valence-corrected chi connectivity index (χ2v) is 7.13. The van der Waals surface area contributed by atoms with E-state index in [4.69, 9.17) is 21.3 Å². The molecule has 0 aliphatic carbocycles. The summed E-state index contributed by atoms with van der Waals surface area (Å²) in [5, 5.41) is 36.1. The van der Waals surface area contributed by atoms with Crippen molar-refractivity contribution in [3.8, 4) is 0 Å². The van der Waals surface area contributed by atoms with Gasteiger partial charge in [0.15, 0.2) is 11.3 Å². The number of hydrogen-bond donors (Lipinski definition) is 6. The maximum Gasteiger partial charge on any atom is 0.320 e. The number of aliphatic carboxylic acids is 1. The molecule has 1 saturated heterocycles. The van der Waals surface area contributed by atoms with E-state index in [1.165, 1.54) is 18.1 Å². The highest BCUT2D eigenvalue weighted by Gasteiger charge is 2.44. The lowest BCUT2D eigenvalue weighted by molar-refractivity contribution is -0.138. The van der Waals surface area contributed by atoms with E-state index in [0.29, 0.717) is 34.7 Å². The van der Waals surface area contributed by atoms with E-state index in [2.05, 4.69) is 20.2 Å². The van der Waals surface area contributed by atoms with Crippen LogP contribution in [0.15, 0.2) is 6.33 Å². The third-order valence-electron chi connectivity index (χ3n) is 4.21. The molecule has 1 aliphatic rings. The summed E-state index contributed by atoms with van der Waals surface area (Å²) in [5.41, 5.74) is 12.4. The number of aromatic nitrogens is 4. The molecule has 2 aromatic heterocycles. The highest BCUT2D eigenvalue weighted by atomic mass is 32.2. The van der Waals surface area contributed by atoms with Crippen LogP contribution in [0.1, 0.15) is 18.2 Å². The number of thioether (sulfide) groups is 1. The fourth-order valence-corrected chi connectivity index (χ4v) is 3.82. The van der Waals surface area contributed by atoms with E-state index in [-0.39, 0.29) is 5.82 Å². The van der Waals surface area contributed by atoms with Gasteiger partial charge in [-0.15, -0.1) is 0 Å². The van der Waals surface area contributed by atoms with Crippen LogP contribution in [0.4, 0.5) is 5.82 Å². The molecule has 26 heavy (non-hydrogen) atoms. The van der Waals surface area contributed by atoms with E-state index in [1.54, 1.807) is 0 Å². The Balaban J connectivity index is 1.64. The van der Waals surface area contributed by atoms with Crippen LogP contribution in [0.5, 0.6) is 0 Å². The van der Waals surface area contributed by atoms with Crippen LogP contribution in [0.25, 0.3) is 11.0 Å². The molecule has 0 amide bonds. The van der Waals surface area contributed by atoms with Crippen molar-refractivity contribution in [2.24, 2.45) is 5.73 Å². The number of H-pyrrole nitrogens is 1. The summed E-state index contributed by atoms with van der Waals surface area (Å²) in [5.74, 6) is 0.0278. The summed E-state index contributed by atoms with van der Waals surface area (Å²) >= 11 is 1.40. The molecule has 1 aliphatic heterocycles. The van der Waals surface area contributed by atoms with Gasteiger partial charge in [-0.05, 0) is 12.2 Å². The van der Waals surface area contributed by atoms with Crippen molar-refractivity contribution in [1.82, 2.24) is 20.2 Å². The number of nitrogens with zero attached hydrogens (tertiary/aromatic N) is 3. The molecule has 0 spiro atoms. The Morgan fingerprint density at radius 3 is 2.85 bits per heavy atom. The molecule has 2 aromatic rings. The van der Waals surface area contributed by atoms with E-state index >= 15 is 0 Å². The van der Waals surface area contributed by atoms with Crippen LogP contribution in [-0.4, -0.2) is 77.3 Å². The van der Waals surface area contributed by atoms with Crippen molar-refractivity contribution in [2.75, 3.05) is 17.2 Å². The first-order valence-corrected chi connectivity index (χ1v) is 9.07. The average molecular weight is 384 g/mol. The summed E-state index contributed by atoms with van der Waals surface area (Å²) in [6, 6.07) is -0.920. The third-order valence-corrected chi connectivity index (χ3v) is 5.30. The Hall–Kier alpha value is -1.99. The molecule has 0 aromatic carbocycles. The van der Waals surface area contributed by atoms with Gasteiger partial charge in [-0.3, -0.25) is 9.89 Å². The van der Waals surface area contributed by atoms with Gasteiger partial charge in [0, 0.05) is 5.75 Å². The molecule has 8 N–H and O–H groups in total. The summed E-state index contributed by atoms with van der Waals surface area (Å²) in [6.45, 7) is 0. The minimum absolute atomic E-state index is 0.201. The van der Waals surface area contributed by atoms with Crippen LogP contribution in [-0.2, 0) is 9.53 Å². The minimum Gasteiger partial charge on any atom is -0.480 e. The molecule has 0 radical (unpaired) electrons. The van der Waals surface area contributed by atoms with Crippen molar-refractivity contribution in [3.63, 3.8) is 0 Å². The first kappa shape index (κ1) is 18.8. The number of nitrogens with two attached hydrogens (primary N) is 2. The lowest BCUT2D eigenvalue weighted by Gasteiger charge is -2.14. The number of carbonyl (C=O) groups is 1. The SMILES string of the molecule is Nc1ncnc2c(C3O[C@H](CSCCC(N)C(=O)O)[C@@H](O)[C@H]3O)[nH]nc12. The van der Waals surface area contributed by atoms with Crippen LogP contribution < -0.4 is 11.5 Å². The number of rotatable bonds is 7. The molecule has 0 saturated carbocycles. The number of carboxylic acid groups (broad SMARTS) is 1. The smallest absolute Gasteiger partial charge is 0.320 e. The van der Waals surface area contributed by atoms with E-state index in [9.17, 15) is 15.0 Å². The largest absolute Gasteiger partial charge is 0.480 e. The molecule has 0 bridgehead atoms. The normalized spacial score (nSPS) is 27.0. The summed E-state index contributed by atoms with van der Waals surface area (Å²) in [6.07, 6.45) is -2.14. The van der Waals surface area contributed by atoms with Crippen LogP contribution in [0.2, 0.25) is 0 Å². The first-order chi connectivity index (χ1) is 12.4. The molecular weight excluding hydrogens is 364 g/mol. The Kier molecular flexibility index (Phi) is 5.58. The van der Waals surface area contributed by atoms with Crippen molar-refractivity contribution >= 4 is 34.6 Å². The number of fused-ring (bicyclic) bond motifs is 1. The van der Waals surface area contributed by atoms with E-state index < -0.39 is 36.4 Å². The maximum absolute atomic E-state index is 10.7. The summed E-state index contributed by atoms with van der Waals surface area (Å²) in [7, 11) is 0. The van der Waals surface area contributed by atoms with Crippen LogP contribution in [0, 0.1) is 0 Å². The van der Waals surface area contributed by atoms with Crippen molar-refractivity contribution < 1.29 is 24.9 Å². The quantitative estimate of drug-likeness (QED) is 0.308. The zero-order valence-electron chi connectivity index (χ0n) is 13.6. The number of hydrogen-bond acceptors (Lipinski definition) is 10. The Labute approximate surface area is 152 Å². The Morgan fingerprint density at radius 1 is 1.35 bits per heavy atom. The van der Waals surface area contributed by atoms with Gasteiger partial charge in [0.1, 0.15) is 36.2 Å². The van der Waals surface area contributed by atoms with Crippen molar-refractivity contribution in [2.45, 2.75) is 36.9 Å². The number of ether oxygens (including phenoxy) is 1. The van der Waals surface area contributed by atoms with E-state index in [0.717, 1.165) is 0 Å². The van der Waals surface area contributed by atoms with Gasteiger partial charge in [0.05, 0.1) is 11.8 Å². The second-order valence-electron chi connectivity index (χ2n) is 5.98. The number of nitrogens with one attached hydrogen (secondary N) is 1. The Bertz CT molecular complexity index is 788. The Morgan fingerprint density at radius 2 is 2.12 bits per heavy atom. The lowest BCUT2D eigenvalue weighted by Crippen LogP contribution is -2.32. The van der Waals surface area contributed by atoms with Gasteiger partial charge in [0.2, 0.25) is 0 Å². The topological polar surface area (TPSA) is 193 Å². The fourth-order valence-electron chi connectivity index (χ4n) is 2.73. The molecule has 5 atom stereocenters. The number of nitrogen functional groups attached to an aromatic ring is 1. The molecule has 3 rings (SSSR count). The number of aliphatic hydroxyl groups excluding tert-OH is 2. The molecule has 142 valence electrons. The first-order valence-electron chi connectivity index (χ1n) is 7.92. The van der Waals surface area contributed by atoms with Gasteiger partial charge in [-0.25, -0.2) is 9.97 Å². The average Bonchev–Trinajstić information content (AvgIpc) is 3.15. The number of carboxylic acids is 1. The zero-order valence-corrected chi connectivity index (χ0v) is 14.5. The summed E-state index contributed by atoms with van der Waals surface area (Å²) < 4.78 is 5.79. The van der Waals surface area contributed by atoms with Gasteiger partial charge in [-0.1, -0.05) is 0 Å². The number of anilines is 1. The zero-order chi connectivity index (χ0) is 18.8. The summed E-state index contributed by atoms with van der Waals surface area (Å²) in [4.78, 5) is 18.6. The van der Waals surface area contributed by atoms with Crippen LogP contribution >= 0.6 is 11.8 Å². The molecule has 11 nitrogen and oxygen atoms in total. The molecule has 1 fully saturated rings. The maximum atomic E-state index is 10.7. The number of aromatic amines is 1. The van der Waals surface area contributed by atoms with Crippen LogP contribution in [0.3, 0.4) is 0 Å². The molecule has 3 heterocycles. The van der Waals surface area contributed by atoms with Crippen molar-refractivity contribution in [3.05, 3.63) is 12.0 Å². The highest BCUT2D eigenvalue weighted by Crippen LogP contribution is 2.36. The molecule has 2 unspecified atom stereocenters. The standard InChI is InChI=1S/C14H20N6O5S/c15-5(14(23)24)1-2-26-3-6-10(21)11(22)12(25-6)8-7-9(20-19-8)13(16)18-4-17-7/h4-6,10-12,21-22H,1-3,15H2,(H,19,20)(H,23,24)(H2,16,17,18)/t5?,6-,10-,11-,12?/m1/s1. The van der Waals surface area contributed by atoms with Gasteiger partial charge >= 0.3 is 5.97 Å². The van der Waals surface area contributed by atoms with Crippen molar-refractivity contribution in [1.29, 1.82) is 0 Å². The van der Waals surface area contributed by atoms with Gasteiger partial charge in [-0.2, -0.15) is 16.9 Å². The predicted octanol–water partition coefficient (Wildman–Crippen LogP) is -1.37. The monoisotopic (exact) mass is 384 g/mol. The van der Waals surface area contributed by atoms with Gasteiger partial charge in [0.25, 0.3) is 0 Å². The second kappa shape index (κ2) is 7.72. The lowest BCUT2D eigenvalue weighted by atomic mass is 10.1. The fraction of sp³-hybridized carbons (Fsp3) is 0.571.